The van der Waals surface area contributed by atoms with Crippen LogP contribution < -0.4 is 0 Å². The number of fused-ring (bicyclic) bond motifs is 3. The van der Waals surface area contributed by atoms with E-state index >= 15 is 0 Å². The fraction of sp³-hybridized carbons (Fsp3) is 0.231. The number of aromatic nitrogens is 6. The molecule has 2 aliphatic rings. The van der Waals surface area contributed by atoms with Gasteiger partial charge in [0.25, 0.3) is 0 Å². The number of carbonyl (C=O) groups excluding carboxylic acids is 1. The summed E-state index contributed by atoms with van der Waals surface area (Å²) in [7, 11) is 0. The summed E-state index contributed by atoms with van der Waals surface area (Å²) in [5.41, 5.74) is 7.08. The molecule has 1 atom stereocenters. The molecule has 1 amide bonds. The van der Waals surface area contributed by atoms with Crippen molar-refractivity contribution in [1.82, 2.24) is 34.4 Å². The van der Waals surface area contributed by atoms with Crippen molar-refractivity contribution in [3.05, 3.63) is 72.8 Å². The molecule has 1 aromatic carbocycles. The SMILES string of the molecule is O=CN1CCC2(CCn3nc(-c4cnc5[nH]cc(-c6ccnn6-c6ccccc6)c5c4)cc32)C1. The Morgan fingerprint density at radius 1 is 1.06 bits per heavy atom. The molecule has 8 nitrogen and oxygen atoms in total. The number of amides is 1. The number of H-pyrrole nitrogens is 1. The molecule has 8 heteroatoms. The van der Waals surface area contributed by atoms with Crippen LogP contribution in [0.1, 0.15) is 18.5 Å². The van der Waals surface area contributed by atoms with E-state index in [9.17, 15) is 4.79 Å². The Kier molecular flexibility index (Phi) is 4.05. The van der Waals surface area contributed by atoms with Crippen molar-refractivity contribution in [2.24, 2.45) is 0 Å². The van der Waals surface area contributed by atoms with Crippen molar-refractivity contribution in [3.63, 3.8) is 0 Å². The Hall–Kier alpha value is -4.20. The Labute approximate surface area is 195 Å². The van der Waals surface area contributed by atoms with E-state index in [-0.39, 0.29) is 5.41 Å². The number of nitrogens with zero attached hydrogens (tertiary/aromatic N) is 6. The Morgan fingerprint density at radius 3 is 2.79 bits per heavy atom. The first-order valence-electron chi connectivity index (χ1n) is 11.6. The number of likely N-dealkylation sites (tertiary alicyclic amines) is 1. The molecule has 1 N–H and O–H groups in total. The number of nitrogens with one attached hydrogen (secondary N) is 1. The summed E-state index contributed by atoms with van der Waals surface area (Å²) in [5.74, 6) is 0. The fourth-order valence-electron chi connectivity index (χ4n) is 5.65. The van der Waals surface area contributed by atoms with E-state index in [2.05, 4.69) is 26.9 Å². The molecule has 2 aliphatic heterocycles. The van der Waals surface area contributed by atoms with Crippen molar-refractivity contribution in [3.8, 4) is 28.2 Å². The number of para-hydroxylation sites is 1. The van der Waals surface area contributed by atoms with Crippen LogP contribution in [0.15, 0.2) is 67.1 Å². The van der Waals surface area contributed by atoms with Gasteiger partial charge in [-0.3, -0.25) is 9.48 Å². The van der Waals surface area contributed by atoms with Crippen LogP contribution in [0.25, 0.3) is 39.2 Å². The lowest BCUT2D eigenvalue weighted by molar-refractivity contribution is -0.117. The molecule has 34 heavy (non-hydrogen) atoms. The van der Waals surface area contributed by atoms with E-state index in [1.165, 1.54) is 5.69 Å². The van der Waals surface area contributed by atoms with Crippen LogP contribution in [0.3, 0.4) is 0 Å². The highest BCUT2D eigenvalue weighted by atomic mass is 16.1. The lowest BCUT2D eigenvalue weighted by Gasteiger charge is -2.21. The second-order valence-corrected chi connectivity index (χ2v) is 9.28. The van der Waals surface area contributed by atoms with Crippen LogP contribution in [0, 0.1) is 0 Å². The number of aromatic amines is 1. The van der Waals surface area contributed by atoms with Crippen LogP contribution >= 0.6 is 0 Å². The molecule has 1 unspecified atom stereocenters. The number of aryl methyl sites for hydroxylation is 1. The van der Waals surface area contributed by atoms with Gasteiger partial charge in [0, 0.05) is 59.7 Å². The molecule has 7 rings (SSSR count). The van der Waals surface area contributed by atoms with Gasteiger partial charge >= 0.3 is 0 Å². The van der Waals surface area contributed by atoms with E-state index in [1.54, 1.807) is 0 Å². The molecule has 4 aromatic heterocycles. The second kappa shape index (κ2) is 7.15. The van der Waals surface area contributed by atoms with Crippen molar-refractivity contribution >= 4 is 17.4 Å². The predicted octanol–water partition coefficient (Wildman–Crippen LogP) is 3.78. The average molecular weight is 450 g/mol. The molecule has 0 aliphatic carbocycles. The Morgan fingerprint density at radius 2 is 1.94 bits per heavy atom. The van der Waals surface area contributed by atoms with E-state index in [4.69, 9.17) is 10.1 Å². The monoisotopic (exact) mass is 449 g/mol. The maximum atomic E-state index is 11.3. The number of pyridine rings is 1. The number of hydrogen-bond acceptors (Lipinski definition) is 4. The number of benzene rings is 1. The molecule has 0 radical (unpaired) electrons. The van der Waals surface area contributed by atoms with E-state index in [0.717, 1.165) is 78.1 Å². The lowest BCUT2D eigenvalue weighted by Crippen LogP contribution is -2.28. The van der Waals surface area contributed by atoms with Crippen LogP contribution in [-0.4, -0.2) is 53.9 Å². The van der Waals surface area contributed by atoms with E-state index < -0.39 is 0 Å². The van der Waals surface area contributed by atoms with Crippen LogP contribution in [0.2, 0.25) is 0 Å². The molecular formula is C26H23N7O. The summed E-state index contributed by atoms with van der Waals surface area (Å²) in [5, 5.41) is 10.5. The summed E-state index contributed by atoms with van der Waals surface area (Å²) >= 11 is 0. The summed E-state index contributed by atoms with van der Waals surface area (Å²) < 4.78 is 4.07. The van der Waals surface area contributed by atoms with Gasteiger partial charge in [-0.2, -0.15) is 10.2 Å². The zero-order valence-electron chi connectivity index (χ0n) is 18.6. The fourth-order valence-corrected chi connectivity index (χ4v) is 5.65. The van der Waals surface area contributed by atoms with Gasteiger partial charge in [-0.1, -0.05) is 18.2 Å². The maximum Gasteiger partial charge on any atom is 0.209 e. The third-order valence-electron chi connectivity index (χ3n) is 7.40. The highest BCUT2D eigenvalue weighted by Gasteiger charge is 2.45. The quantitative estimate of drug-likeness (QED) is 0.423. The zero-order chi connectivity index (χ0) is 22.7. The average Bonchev–Trinajstić information content (AvgIpc) is 3.68. The van der Waals surface area contributed by atoms with Gasteiger partial charge in [-0.05, 0) is 43.2 Å². The van der Waals surface area contributed by atoms with E-state index in [0.29, 0.717) is 0 Å². The first-order chi connectivity index (χ1) is 16.7. The summed E-state index contributed by atoms with van der Waals surface area (Å²) in [4.78, 5) is 21.2. The molecule has 6 heterocycles. The molecule has 1 spiro atoms. The number of hydrogen-bond donors (Lipinski definition) is 1. The molecule has 168 valence electrons. The number of rotatable bonds is 4. The van der Waals surface area contributed by atoms with Gasteiger partial charge in [0.15, 0.2) is 0 Å². The minimum atomic E-state index is 0.0329. The van der Waals surface area contributed by atoms with Crippen LogP contribution in [-0.2, 0) is 16.8 Å². The normalized spacial score (nSPS) is 19.4. The summed E-state index contributed by atoms with van der Waals surface area (Å²) in [6, 6.07) is 16.5. The molecule has 0 saturated carbocycles. The maximum absolute atomic E-state index is 11.3. The molecule has 5 aromatic rings. The Bertz CT molecular complexity index is 1530. The van der Waals surface area contributed by atoms with Crippen molar-refractivity contribution in [2.75, 3.05) is 13.1 Å². The van der Waals surface area contributed by atoms with Crippen LogP contribution in [0.5, 0.6) is 0 Å². The van der Waals surface area contributed by atoms with Crippen molar-refractivity contribution < 1.29 is 4.79 Å². The topological polar surface area (TPSA) is 84.6 Å². The zero-order valence-corrected chi connectivity index (χ0v) is 18.6. The molecule has 0 bridgehead atoms. The molecule has 1 saturated heterocycles. The van der Waals surface area contributed by atoms with E-state index in [1.807, 2.05) is 64.6 Å². The van der Waals surface area contributed by atoms with Crippen LogP contribution in [0.4, 0.5) is 0 Å². The van der Waals surface area contributed by atoms with Gasteiger partial charge in [0.2, 0.25) is 6.41 Å². The van der Waals surface area contributed by atoms with Gasteiger partial charge in [-0.15, -0.1) is 0 Å². The predicted molar refractivity (Wildman–Crippen MR) is 128 cm³/mol. The Balaban J connectivity index is 1.30. The highest BCUT2D eigenvalue weighted by Crippen LogP contribution is 2.43. The standard InChI is InChI=1S/C26H23N7O/c34-17-31-10-7-26(16-31)8-11-32-24(26)13-22(30-32)18-12-20-21(15-28-25(20)27-14-18)23-6-9-29-33(23)19-4-2-1-3-5-19/h1-6,9,12-15,17H,7-8,10-11,16H2,(H,27,28). The summed E-state index contributed by atoms with van der Waals surface area (Å²) in [6.07, 6.45) is 8.71. The third kappa shape index (κ3) is 2.78. The highest BCUT2D eigenvalue weighted by molar-refractivity contribution is 5.95. The van der Waals surface area contributed by atoms with Crippen molar-refractivity contribution in [2.45, 2.75) is 24.8 Å². The largest absolute Gasteiger partial charge is 0.345 e. The molecule has 1 fully saturated rings. The first-order valence-corrected chi connectivity index (χ1v) is 11.6. The number of carbonyl (C=O) groups is 1. The van der Waals surface area contributed by atoms with Crippen molar-refractivity contribution in [1.29, 1.82) is 0 Å². The molecular weight excluding hydrogens is 426 g/mol. The lowest BCUT2D eigenvalue weighted by atomic mass is 9.82. The van der Waals surface area contributed by atoms with Gasteiger partial charge < -0.3 is 9.88 Å². The van der Waals surface area contributed by atoms with Gasteiger partial charge in [0.05, 0.1) is 23.3 Å². The summed E-state index contributed by atoms with van der Waals surface area (Å²) in [6.45, 7) is 2.49. The van der Waals surface area contributed by atoms with Gasteiger partial charge in [0.1, 0.15) is 5.65 Å². The smallest absolute Gasteiger partial charge is 0.209 e. The van der Waals surface area contributed by atoms with Gasteiger partial charge in [-0.25, -0.2) is 9.67 Å². The minimum absolute atomic E-state index is 0.0329. The third-order valence-corrected chi connectivity index (χ3v) is 7.40. The second-order valence-electron chi connectivity index (χ2n) is 9.28. The first kappa shape index (κ1) is 19.3. The minimum Gasteiger partial charge on any atom is -0.345 e.